The van der Waals surface area contributed by atoms with Crippen molar-refractivity contribution < 1.29 is 0 Å². The van der Waals surface area contributed by atoms with Crippen LogP contribution in [-0.4, -0.2) is 28.0 Å². The van der Waals surface area contributed by atoms with Crippen LogP contribution in [0.2, 0.25) is 0 Å². The van der Waals surface area contributed by atoms with Crippen LogP contribution in [0.5, 0.6) is 0 Å². The van der Waals surface area contributed by atoms with E-state index in [0.29, 0.717) is 6.04 Å². The maximum atomic E-state index is 4.74. The van der Waals surface area contributed by atoms with Gasteiger partial charge in [-0.05, 0) is 23.6 Å². The molecule has 0 bridgehead atoms. The van der Waals surface area contributed by atoms with E-state index in [4.69, 9.17) is 4.98 Å². The Morgan fingerprint density at radius 1 is 0.800 bits per heavy atom. The standard InChI is InChI=1S/C26H24N4/c1-20-17-27-25(29-20)24-18-30(19-28-24)26(21-11-5-2-6-12-21,22-13-7-3-8-14-22)23-15-9-4-10-16-23/h2-16,18-20H,17H2,1H3,(H,27,29). The lowest BCUT2D eigenvalue weighted by atomic mass is 9.77. The molecule has 2 heterocycles. The van der Waals surface area contributed by atoms with Crippen LogP contribution in [0.25, 0.3) is 0 Å². The van der Waals surface area contributed by atoms with E-state index < -0.39 is 5.54 Å². The minimum Gasteiger partial charge on any atom is -0.364 e. The summed E-state index contributed by atoms with van der Waals surface area (Å²) in [4.78, 5) is 9.38. The van der Waals surface area contributed by atoms with Gasteiger partial charge >= 0.3 is 0 Å². The van der Waals surface area contributed by atoms with Crippen molar-refractivity contribution in [2.24, 2.45) is 4.99 Å². The van der Waals surface area contributed by atoms with Crippen molar-refractivity contribution in [1.29, 1.82) is 0 Å². The van der Waals surface area contributed by atoms with Gasteiger partial charge < -0.3 is 9.88 Å². The second-order valence-electron chi connectivity index (χ2n) is 7.71. The van der Waals surface area contributed by atoms with E-state index in [2.05, 4.69) is 119 Å². The summed E-state index contributed by atoms with van der Waals surface area (Å²) in [7, 11) is 0. The van der Waals surface area contributed by atoms with Gasteiger partial charge in [-0.25, -0.2) is 4.98 Å². The first-order valence-corrected chi connectivity index (χ1v) is 10.3. The molecule has 5 rings (SSSR count). The Bertz CT molecular complexity index is 1050. The topological polar surface area (TPSA) is 42.2 Å². The van der Waals surface area contributed by atoms with E-state index >= 15 is 0 Å². The molecule has 0 saturated heterocycles. The first-order valence-electron chi connectivity index (χ1n) is 10.3. The van der Waals surface area contributed by atoms with Gasteiger partial charge in [0.2, 0.25) is 0 Å². The zero-order valence-electron chi connectivity index (χ0n) is 16.9. The Balaban J connectivity index is 1.78. The Kier molecular flexibility index (Phi) is 4.68. The maximum Gasteiger partial charge on any atom is 0.149 e. The van der Waals surface area contributed by atoms with Crippen molar-refractivity contribution in [1.82, 2.24) is 14.9 Å². The fourth-order valence-electron chi connectivity index (χ4n) is 4.32. The summed E-state index contributed by atoms with van der Waals surface area (Å²) in [6.45, 7) is 2.92. The molecule has 3 aromatic carbocycles. The van der Waals surface area contributed by atoms with Crippen LogP contribution in [-0.2, 0) is 5.54 Å². The van der Waals surface area contributed by atoms with Crippen molar-refractivity contribution in [3.05, 3.63) is 126 Å². The third-order valence-electron chi connectivity index (χ3n) is 5.69. The van der Waals surface area contributed by atoms with Crippen LogP contribution in [0.1, 0.15) is 29.3 Å². The van der Waals surface area contributed by atoms with Gasteiger partial charge in [-0.2, -0.15) is 0 Å². The SMILES string of the molecule is CC1CN=C(c2cn(C(c3ccccc3)(c3ccccc3)c3ccccc3)cn2)N1. The number of nitrogens with one attached hydrogen (secondary N) is 1. The first kappa shape index (κ1) is 18.4. The van der Waals surface area contributed by atoms with Gasteiger partial charge in [-0.15, -0.1) is 0 Å². The molecule has 1 aliphatic heterocycles. The molecule has 0 amide bonds. The summed E-state index contributed by atoms with van der Waals surface area (Å²) >= 11 is 0. The molecule has 4 heteroatoms. The Hall–Kier alpha value is -3.66. The molecule has 0 saturated carbocycles. The predicted octanol–water partition coefficient (Wildman–Crippen LogP) is 4.46. The van der Waals surface area contributed by atoms with E-state index in [1.807, 2.05) is 6.33 Å². The van der Waals surface area contributed by atoms with Crippen molar-refractivity contribution in [3.63, 3.8) is 0 Å². The van der Waals surface area contributed by atoms with Crippen LogP contribution in [0, 0.1) is 0 Å². The van der Waals surface area contributed by atoms with Crippen LogP contribution < -0.4 is 5.32 Å². The molecule has 30 heavy (non-hydrogen) atoms. The highest BCUT2D eigenvalue weighted by molar-refractivity contribution is 5.98. The molecule has 1 atom stereocenters. The van der Waals surface area contributed by atoms with Crippen LogP contribution >= 0.6 is 0 Å². The minimum absolute atomic E-state index is 0.340. The molecule has 1 unspecified atom stereocenters. The number of aliphatic imine (C=N–C) groups is 1. The van der Waals surface area contributed by atoms with E-state index in [1.54, 1.807) is 0 Å². The second kappa shape index (κ2) is 7.64. The number of amidine groups is 1. The lowest BCUT2D eigenvalue weighted by Crippen LogP contribution is -2.37. The van der Waals surface area contributed by atoms with Gasteiger partial charge in [0.15, 0.2) is 0 Å². The highest BCUT2D eigenvalue weighted by Gasteiger charge is 2.38. The molecule has 0 radical (unpaired) electrons. The zero-order chi connectivity index (χ0) is 20.4. The summed E-state index contributed by atoms with van der Waals surface area (Å²) in [6.07, 6.45) is 4.03. The zero-order valence-corrected chi connectivity index (χ0v) is 16.9. The van der Waals surface area contributed by atoms with Crippen LogP contribution in [0.3, 0.4) is 0 Å². The number of rotatable bonds is 5. The molecular weight excluding hydrogens is 368 g/mol. The van der Waals surface area contributed by atoms with E-state index in [0.717, 1.165) is 18.1 Å². The van der Waals surface area contributed by atoms with Crippen molar-refractivity contribution in [2.45, 2.75) is 18.5 Å². The van der Waals surface area contributed by atoms with Crippen molar-refractivity contribution in [2.75, 3.05) is 6.54 Å². The van der Waals surface area contributed by atoms with E-state index in [1.165, 1.54) is 16.7 Å². The molecule has 0 aliphatic carbocycles. The number of hydrogen-bond donors (Lipinski definition) is 1. The lowest BCUT2D eigenvalue weighted by Gasteiger charge is -2.37. The Morgan fingerprint density at radius 2 is 1.30 bits per heavy atom. The largest absolute Gasteiger partial charge is 0.364 e. The highest BCUT2D eigenvalue weighted by Crippen LogP contribution is 2.40. The molecule has 0 fully saturated rings. The van der Waals surface area contributed by atoms with Crippen molar-refractivity contribution in [3.8, 4) is 0 Å². The second-order valence-corrected chi connectivity index (χ2v) is 7.71. The normalized spacial score (nSPS) is 16.2. The highest BCUT2D eigenvalue weighted by atomic mass is 15.2. The van der Waals surface area contributed by atoms with Crippen LogP contribution in [0.15, 0.2) is 109 Å². The summed E-state index contributed by atoms with van der Waals surface area (Å²) in [5.74, 6) is 0.865. The number of imidazole rings is 1. The lowest BCUT2D eigenvalue weighted by molar-refractivity contribution is 0.514. The molecule has 4 aromatic rings. The van der Waals surface area contributed by atoms with Gasteiger partial charge in [0.1, 0.15) is 17.1 Å². The fraction of sp³-hybridized carbons (Fsp3) is 0.154. The summed E-state index contributed by atoms with van der Waals surface area (Å²) in [6, 6.07) is 32.2. The van der Waals surface area contributed by atoms with Gasteiger partial charge in [-0.1, -0.05) is 91.0 Å². The number of benzene rings is 3. The predicted molar refractivity (Wildman–Crippen MR) is 121 cm³/mol. The minimum atomic E-state index is -0.542. The van der Waals surface area contributed by atoms with Crippen molar-refractivity contribution >= 4 is 5.84 Å². The number of nitrogens with zero attached hydrogens (tertiary/aromatic N) is 3. The molecule has 1 N–H and O–H groups in total. The number of hydrogen-bond acceptors (Lipinski definition) is 3. The summed E-state index contributed by atoms with van der Waals surface area (Å²) < 4.78 is 2.22. The van der Waals surface area contributed by atoms with E-state index in [-0.39, 0.29) is 0 Å². The quantitative estimate of drug-likeness (QED) is 0.510. The smallest absolute Gasteiger partial charge is 0.149 e. The molecular formula is C26H24N4. The van der Waals surface area contributed by atoms with Gasteiger partial charge in [0.25, 0.3) is 0 Å². The average molecular weight is 393 g/mol. The Labute approximate surface area is 177 Å². The maximum absolute atomic E-state index is 4.74. The van der Waals surface area contributed by atoms with Gasteiger partial charge in [0.05, 0.1) is 12.9 Å². The monoisotopic (exact) mass is 392 g/mol. The molecule has 148 valence electrons. The number of aromatic nitrogens is 2. The third kappa shape index (κ3) is 3.01. The molecule has 1 aromatic heterocycles. The summed E-state index contributed by atoms with van der Waals surface area (Å²) in [5.41, 5.74) is 3.87. The molecule has 1 aliphatic rings. The Morgan fingerprint density at radius 3 is 1.73 bits per heavy atom. The third-order valence-corrected chi connectivity index (χ3v) is 5.69. The van der Waals surface area contributed by atoms with Gasteiger partial charge in [0, 0.05) is 12.2 Å². The van der Waals surface area contributed by atoms with E-state index in [9.17, 15) is 0 Å². The average Bonchev–Trinajstić information content (AvgIpc) is 3.46. The van der Waals surface area contributed by atoms with Crippen LogP contribution in [0.4, 0.5) is 0 Å². The summed E-state index contributed by atoms with van der Waals surface area (Å²) in [5, 5.41) is 3.43. The fourth-order valence-corrected chi connectivity index (χ4v) is 4.32. The molecule has 0 spiro atoms. The molecule has 4 nitrogen and oxygen atoms in total. The first-order chi connectivity index (χ1) is 14.8. The van der Waals surface area contributed by atoms with Gasteiger partial charge in [-0.3, -0.25) is 4.99 Å².